The molecule has 0 heterocycles. The van der Waals surface area contributed by atoms with Crippen molar-refractivity contribution in [3.05, 3.63) is 23.8 Å². The fourth-order valence-electron chi connectivity index (χ4n) is 1.46. The van der Waals surface area contributed by atoms with Crippen molar-refractivity contribution in [3.63, 3.8) is 0 Å². The molecule has 0 bridgehead atoms. The van der Waals surface area contributed by atoms with E-state index in [9.17, 15) is 0 Å². The summed E-state index contributed by atoms with van der Waals surface area (Å²) in [6.07, 6.45) is 1.08. The SMILES string of the molecule is CCC(C)(C)c1ccc(N)cc1OC. The smallest absolute Gasteiger partial charge is 0.124 e. The maximum atomic E-state index is 5.71. The van der Waals surface area contributed by atoms with Crippen LogP contribution in [0.25, 0.3) is 0 Å². The molecule has 1 aromatic rings. The van der Waals surface area contributed by atoms with Gasteiger partial charge in [0.2, 0.25) is 0 Å². The highest BCUT2D eigenvalue weighted by Crippen LogP contribution is 2.35. The van der Waals surface area contributed by atoms with Gasteiger partial charge < -0.3 is 10.5 Å². The highest BCUT2D eigenvalue weighted by Gasteiger charge is 2.21. The van der Waals surface area contributed by atoms with Crippen molar-refractivity contribution in [2.75, 3.05) is 12.8 Å². The van der Waals surface area contributed by atoms with Gasteiger partial charge in [-0.1, -0.05) is 26.8 Å². The van der Waals surface area contributed by atoms with Gasteiger partial charge in [0, 0.05) is 11.8 Å². The highest BCUT2D eigenvalue weighted by atomic mass is 16.5. The lowest BCUT2D eigenvalue weighted by atomic mass is 9.81. The third-order valence-electron chi connectivity index (χ3n) is 2.84. The topological polar surface area (TPSA) is 35.2 Å². The molecular formula is C12H19NO. The molecule has 0 aliphatic carbocycles. The van der Waals surface area contributed by atoms with Gasteiger partial charge in [0.15, 0.2) is 0 Å². The Morgan fingerprint density at radius 1 is 1.36 bits per heavy atom. The zero-order chi connectivity index (χ0) is 10.8. The molecule has 0 saturated heterocycles. The number of methoxy groups -OCH3 is 1. The molecule has 14 heavy (non-hydrogen) atoms. The van der Waals surface area contributed by atoms with E-state index >= 15 is 0 Å². The first-order valence-corrected chi connectivity index (χ1v) is 4.95. The predicted octanol–water partition coefficient (Wildman–Crippen LogP) is 2.97. The number of nitrogens with two attached hydrogens (primary N) is 1. The molecule has 0 aromatic heterocycles. The molecule has 1 aromatic carbocycles. The van der Waals surface area contributed by atoms with E-state index in [4.69, 9.17) is 10.5 Å². The molecule has 78 valence electrons. The monoisotopic (exact) mass is 193 g/mol. The van der Waals surface area contributed by atoms with Gasteiger partial charge in [-0.15, -0.1) is 0 Å². The minimum absolute atomic E-state index is 0.138. The van der Waals surface area contributed by atoms with Gasteiger partial charge in [0.1, 0.15) is 5.75 Å². The van der Waals surface area contributed by atoms with Crippen molar-refractivity contribution in [1.29, 1.82) is 0 Å². The van der Waals surface area contributed by atoms with Crippen molar-refractivity contribution in [2.45, 2.75) is 32.6 Å². The van der Waals surface area contributed by atoms with Gasteiger partial charge in [0.05, 0.1) is 7.11 Å². The van der Waals surface area contributed by atoms with Crippen molar-refractivity contribution in [2.24, 2.45) is 0 Å². The summed E-state index contributed by atoms with van der Waals surface area (Å²) in [6, 6.07) is 5.86. The van der Waals surface area contributed by atoms with E-state index in [-0.39, 0.29) is 5.41 Å². The first-order valence-electron chi connectivity index (χ1n) is 4.95. The minimum Gasteiger partial charge on any atom is -0.496 e. The molecular weight excluding hydrogens is 174 g/mol. The van der Waals surface area contributed by atoms with E-state index in [1.807, 2.05) is 12.1 Å². The Kier molecular flexibility index (Phi) is 3.04. The maximum Gasteiger partial charge on any atom is 0.124 e. The van der Waals surface area contributed by atoms with Crippen LogP contribution in [0.5, 0.6) is 5.75 Å². The van der Waals surface area contributed by atoms with Crippen LogP contribution in [0.1, 0.15) is 32.8 Å². The lowest BCUT2D eigenvalue weighted by Gasteiger charge is -2.25. The molecule has 0 aliphatic heterocycles. The summed E-state index contributed by atoms with van der Waals surface area (Å²) in [7, 11) is 1.68. The molecule has 0 amide bonds. The van der Waals surface area contributed by atoms with Crippen LogP contribution < -0.4 is 10.5 Å². The second kappa shape index (κ2) is 3.91. The highest BCUT2D eigenvalue weighted by molar-refractivity contribution is 5.50. The van der Waals surface area contributed by atoms with Gasteiger partial charge in [0.25, 0.3) is 0 Å². The third-order valence-corrected chi connectivity index (χ3v) is 2.84. The van der Waals surface area contributed by atoms with Gasteiger partial charge in [-0.05, 0) is 23.5 Å². The van der Waals surface area contributed by atoms with Crippen molar-refractivity contribution >= 4 is 5.69 Å². The van der Waals surface area contributed by atoms with Gasteiger partial charge in [-0.2, -0.15) is 0 Å². The largest absolute Gasteiger partial charge is 0.496 e. The minimum atomic E-state index is 0.138. The molecule has 2 heteroatoms. The third kappa shape index (κ3) is 2.00. The first-order chi connectivity index (χ1) is 6.51. The molecule has 0 aliphatic rings. The zero-order valence-corrected chi connectivity index (χ0v) is 9.42. The van der Waals surface area contributed by atoms with Gasteiger partial charge in [-0.3, -0.25) is 0 Å². The number of anilines is 1. The summed E-state index contributed by atoms with van der Waals surface area (Å²) in [5.41, 5.74) is 7.81. The Morgan fingerprint density at radius 3 is 2.50 bits per heavy atom. The predicted molar refractivity (Wildman–Crippen MR) is 60.7 cm³/mol. The van der Waals surface area contributed by atoms with Crippen LogP contribution in [0, 0.1) is 0 Å². The number of benzene rings is 1. The fourth-order valence-corrected chi connectivity index (χ4v) is 1.46. The standard InChI is InChI=1S/C12H19NO/c1-5-12(2,3)10-7-6-9(13)8-11(10)14-4/h6-8H,5,13H2,1-4H3. The quantitative estimate of drug-likeness (QED) is 0.749. The summed E-state index contributed by atoms with van der Waals surface area (Å²) in [5.74, 6) is 0.886. The number of nitrogen functional groups attached to an aromatic ring is 1. The average Bonchev–Trinajstić information content (AvgIpc) is 2.17. The molecule has 0 spiro atoms. The molecule has 2 N–H and O–H groups in total. The van der Waals surface area contributed by atoms with Crippen LogP contribution in [0.2, 0.25) is 0 Å². The average molecular weight is 193 g/mol. The molecule has 0 atom stereocenters. The van der Waals surface area contributed by atoms with E-state index in [2.05, 4.69) is 26.8 Å². The first kappa shape index (κ1) is 10.9. The Hall–Kier alpha value is -1.18. The number of ether oxygens (including phenoxy) is 1. The van der Waals surface area contributed by atoms with Crippen LogP contribution in [0.15, 0.2) is 18.2 Å². The number of hydrogen-bond acceptors (Lipinski definition) is 2. The summed E-state index contributed by atoms with van der Waals surface area (Å²) < 4.78 is 5.33. The Labute approximate surface area is 86.1 Å². The summed E-state index contributed by atoms with van der Waals surface area (Å²) >= 11 is 0. The molecule has 0 unspecified atom stereocenters. The normalized spacial score (nSPS) is 11.4. The zero-order valence-electron chi connectivity index (χ0n) is 9.42. The van der Waals surface area contributed by atoms with E-state index < -0.39 is 0 Å². The fraction of sp³-hybridized carbons (Fsp3) is 0.500. The molecule has 0 fully saturated rings. The number of rotatable bonds is 3. The Morgan fingerprint density at radius 2 is 2.00 bits per heavy atom. The van der Waals surface area contributed by atoms with E-state index in [0.29, 0.717) is 0 Å². The summed E-state index contributed by atoms with van der Waals surface area (Å²) in [6.45, 7) is 6.60. The van der Waals surface area contributed by atoms with Crippen molar-refractivity contribution < 1.29 is 4.74 Å². The summed E-state index contributed by atoms with van der Waals surface area (Å²) in [4.78, 5) is 0. The molecule has 2 nitrogen and oxygen atoms in total. The van der Waals surface area contributed by atoms with Crippen LogP contribution in [-0.4, -0.2) is 7.11 Å². The Balaban J connectivity index is 3.20. The second-order valence-corrected chi connectivity index (χ2v) is 4.20. The van der Waals surface area contributed by atoms with Crippen LogP contribution in [0.4, 0.5) is 5.69 Å². The lowest BCUT2D eigenvalue weighted by molar-refractivity contribution is 0.389. The number of hydrogen-bond donors (Lipinski definition) is 1. The van der Waals surface area contributed by atoms with Crippen LogP contribution in [-0.2, 0) is 5.41 Å². The van der Waals surface area contributed by atoms with Gasteiger partial charge >= 0.3 is 0 Å². The van der Waals surface area contributed by atoms with Gasteiger partial charge in [-0.25, -0.2) is 0 Å². The van der Waals surface area contributed by atoms with Crippen LogP contribution in [0.3, 0.4) is 0 Å². The van der Waals surface area contributed by atoms with E-state index in [1.165, 1.54) is 5.56 Å². The van der Waals surface area contributed by atoms with Crippen LogP contribution >= 0.6 is 0 Å². The lowest BCUT2D eigenvalue weighted by Crippen LogP contribution is -2.16. The molecule has 0 saturated carbocycles. The summed E-state index contributed by atoms with van der Waals surface area (Å²) in [5, 5.41) is 0. The molecule has 0 radical (unpaired) electrons. The molecule has 1 rings (SSSR count). The van der Waals surface area contributed by atoms with Crippen molar-refractivity contribution in [1.82, 2.24) is 0 Å². The Bertz CT molecular complexity index is 318. The van der Waals surface area contributed by atoms with Crippen molar-refractivity contribution in [3.8, 4) is 5.75 Å². The van der Waals surface area contributed by atoms with E-state index in [0.717, 1.165) is 17.9 Å². The van der Waals surface area contributed by atoms with E-state index in [1.54, 1.807) is 7.11 Å². The second-order valence-electron chi connectivity index (χ2n) is 4.20. The maximum absolute atomic E-state index is 5.71.